The number of carbonyl (C=O) groups excluding carboxylic acids is 1. The molecule has 0 aliphatic carbocycles. The largest absolute Gasteiger partial charge is 0.333 e. The van der Waals surface area contributed by atoms with Crippen LogP contribution in [0.25, 0.3) is 0 Å². The van der Waals surface area contributed by atoms with E-state index in [0.29, 0.717) is 0 Å². The Kier molecular flexibility index (Phi) is 3.77. The van der Waals surface area contributed by atoms with Crippen LogP contribution >= 0.6 is 0 Å². The highest BCUT2D eigenvalue weighted by atomic mass is 32.2. The van der Waals surface area contributed by atoms with Crippen molar-refractivity contribution in [3.63, 3.8) is 0 Å². The van der Waals surface area contributed by atoms with E-state index in [4.69, 9.17) is 4.55 Å². The molecule has 0 aromatic heterocycles. The van der Waals surface area contributed by atoms with Gasteiger partial charge in [-0.1, -0.05) is 6.58 Å². The van der Waals surface area contributed by atoms with E-state index in [-0.39, 0.29) is 6.42 Å². The maximum atomic E-state index is 10.5. The molecule has 0 saturated heterocycles. The molecule has 0 heterocycles. The van der Waals surface area contributed by atoms with Crippen LogP contribution in [0.15, 0.2) is 12.8 Å². The highest BCUT2D eigenvalue weighted by molar-refractivity contribution is 7.85. The quantitative estimate of drug-likeness (QED) is 0.571. The van der Waals surface area contributed by atoms with E-state index in [2.05, 4.69) is 11.9 Å². The van der Waals surface area contributed by atoms with Crippen LogP contribution in [0.4, 0.5) is 0 Å². The second-order valence-corrected chi connectivity index (χ2v) is 3.38. The second-order valence-electron chi connectivity index (χ2n) is 1.81. The van der Waals surface area contributed by atoms with Crippen LogP contribution in [-0.4, -0.2) is 24.6 Å². The van der Waals surface area contributed by atoms with Gasteiger partial charge < -0.3 is 5.32 Å². The average molecular weight is 179 g/mol. The molecule has 0 radical (unpaired) electrons. The van der Waals surface area contributed by atoms with Gasteiger partial charge in [-0.2, -0.15) is 8.42 Å². The van der Waals surface area contributed by atoms with E-state index in [9.17, 15) is 13.2 Å². The van der Waals surface area contributed by atoms with Crippen LogP contribution in [0.5, 0.6) is 0 Å². The Hall–Kier alpha value is -0.880. The first-order valence-corrected chi connectivity index (χ1v) is 4.42. The zero-order chi connectivity index (χ0) is 8.91. The van der Waals surface area contributed by atoms with Crippen molar-refractivity contribution in [2.24, 2.45) is 0 Å². The first-order chi connectivity index (χ1) is 4.95. The molecule has 1 amide bonds. The summed E-state index contributed by atoms with van der Waals surface area (Å²) in [6.07, 6.45) is 0.886. The Balaban J connectivity index is 3.72. The molecular formula is C5H9NO4S. The number of rotatable bonds is 4. The van der Waals surface area contributed by atoms with Crippen LogP contribution in [0.1, 0.15) is 6.42 Å². The molecule has 64 valence electrons. The highest BCUT2D eigenvalue weighted by Gasteiger charge is 2.07. The number of hydrogen-bond acceptors (Lipinski definition) is 3. The lowest BCUT2D eigenvalue weighted by atomic mass is 10.4. The molecule has 0 aliphatic heterocycles. The van der Waals surface area contributed by atoms with Gasteiger partial charge in [0.15, 0.2) is 0 Å². The van der Waals surface area contributed by atoms with Crippen molar-refractivity contribution < 1.29 is 17.8 Å². The van der Waals surface area contributed by atoms with Crippen molar-refractivity contribution in [3.05, 3.63) is 12.8 Å². The van der Waals surface area contributed by atoms with Crippen molar-refractivity contribution in [1.82, 2.24) is 5.32 Å². The van der Waals surface area contributed by atoms with E-state index in [0.717, 1.165) is 6.20 Å². The first kappa shape index (κ1) is 10.1. The fraction of sp³-hybridized carbons (Fsp3) is 0.400. The average Bonchev–Trinajstić information content (AvgIpc) is 1.83. The smallest absolute Gasteiger partial charge is 0.265 e. The van der Waals surface area contributed by atoms with Crippen LogP contribution in [-0.2, 0) is 14.9 Å². The number of carbonyl (C=O) groups is 1. The molecule has 0 rings (SSSR count). The molecule has 0 aliphatic rings. The third-order valence-corrected chi connectivity index (χ3v) is 1.57. The fourth-order valence-corrected chi connectivity index (χ4v) is 0.851. The van der Waals surface area contributed by atoms with Crippen molar-refractivity contribution in [3.8, 4) is 0 Å². The predicted molar refractivity (Wildman–Crippen MR) is 39.4 cm³/mol. The summed E-state index contributed by atoms with van der Waals surface area (Å²) in [6.45, 7) is 3.20. The summed E-state index contributed by atoms with van der Waals surface area (Å²) in [5.41, 5.74) is 0. The Labute approximate surface area is 64.8 Å². The Morgan fingerprint density at radius 3 is 2.55 bits per heavy atom. The van der Waals surface area contributed by atoms with Gasteiger partial charge in [0, 0.05) is 6.42 Å². The van der Waals surface area contributed by atoms with Gasteiger partial charge in [0.2, 0.25) is 5.91 Å². The van der Waals surface area contributed by atoms with Crippen LogP contribution in [0.3, 0.4) is 0 Å². The summed E-state index contributed by atoms with van der Waals surface area (Å²) in [4.78, 5) is 10.5. The normalized spacial score (nSPS) is 10.6. The summed E-state index contributed by atoms with van der Waals surface area (Å²) in [7, 11) is -4.03. The molecule has 5 nitrogen and oxygen atoms in total. The lowest BCUT2D eigenvalue weighted by Crippen LogP contribution is -2.20. The van der Waals surface area contributed by atoms with Gasteiger partial charge in [-0.15, -0.1) is 0 Å². The summed E-state index contributed by atoms with van der Waals surface area (Å²) >= 11 is 0. The zero-order valence-electron chi connectivity index (χ0n) is 5.78. The predicted octanol–water partition coefficient (Wildman–Crippen LogP) is -0.476. The van der Waals surface area contributed by atoms with Gasteiger partial charge in [0.25, 0.3) is 10.1 Å². The Bertz CT molecular complexity index is 243. The summed E-state index contributed by atoms with van der Waals surface area (Å²) in [6, 6.07) is 0. The third-order valence-electron chi connectivity index (χ3n) is 0.850. The number of hydrogen-bond donors (Lipinski definition) is 2. The van der Waals surface area contributed by atoms with Gasteiger partial charge >= 0.3 is 0 Å². The van der Waals surface area contributed by atoms with Crippen molar-refractivity contribution >= 4 is 16.0 Å². The molecular weight excluding hydrogens is 170 g/mol. The molecule has 0 aromatic carbocycles. The monoisotopic (exact) mass is 179 g/mol. The number of amides is 1. The minimum atomic E-state index is -4.03. The lowest BCUT2D eigenvalue weighted by molar-refractivity contribution is -0.119. The topological polar surface area (TPSA) is 83.5 Å². The van der Waals surface area contributed by atoms with Crippen molar-refractivity contribution in [2.45, 2.75) is 6.42 Å². The molecule has 0 atom stereocenters. The Morgan fingerprint density at radius 2 is 2.18 bits per heavy atom. The molecule has 0 fully saturated rings. The van der Waals surface area contributed by atoms with Crippen LogP contribution in [0.2, 0.25) is 0 Å². The van der Waals surface area contributed by atoms with Gasteiger partial charge in [0.05, 0.1) is 5.75 Å². The third kappa shape index (κ3) is 7.01. The van der Waals surface area contributed by atoms with E-state index in [1.54, 1.807) is 0 Å². The molecule has 0 aromatic rings. The lowest BCUT2D eigenvalue weighted by Gasteiger charge is -1.96. The van der Waals surface area contributed by atoms with Gasteiger partial charge in [0.1, 0.15) is 0 Å². The molecule has 2 N–H and O–H groups in total. The van der Waals surface area contributed by atoms with E-state index in [1.807, 2.05) is 0 Å². The Morgan fingerprint density at radius 1 is 1.64 bits per heavy atom. The fourth-order valence-electron chi connectivity index (χ4n) is 0.408. The number of nitrogens with one attached hydrogen (secondary N) is 1. The minimum Gasteiger partial charge on any atom is -0.333 e. The summed E-state index contributed by atoms with van der Waals surface area (Å²) in [5, 5.41) is 2.17. The van der Waals surface area contributed by atoms with Crippen LogP contribution < -0.4 is 5.32 Å². The molecule has 0 unspecified atom stereocenters. The van der Waals surface area contributed by atoms with Crippen molar-refractivity contribution in [2.75, 3.05) is 5.75 Å². The van der Waals surface area contributed by atoms with Crippen molar-refractivity contribution in [1.29, 1.82) is 0 Å². The molecule has 0 spiro atoms. The molecule has 6 heteroatoms. The summed E-state index contributed by atoms with van der Waals surface area (Å²) in [5.74, 6) is -1.05. The maximum absolute atomic E-state index is 10.5. The zero-order valence-corrected chi connectivity index (χ0v) is 6.60. The SMILES string of the molecule is C=CNC(=O)CCS(=O)(=O)O. The maximum Gasteiger partial charge on any atom is 0.265 e. The molecule has 11 heavy (non-hydrogen) atoms. The minimum absolute atomic E-state index is 0.259. The van der Waals surface area contributed by atoms with E-state index < -0.39 is 21.8 Å². The van der Waals surface area contributed by atoms with Crippen LogP contribution in [0, 0.1) is 0 Å². The molecule has 0 bridgehead atoms. The standard InChI is InChI=1S/C5H9NO4S/c1-2-6-5(7)3-4-11(8,9)10/h2H,1,3-4H2,(H,6,7)(H,8,9,10). The van der Waals surface area contributed by atoms with E-state index >= 15 is 0 Å². The molecule has 0 saturated carbocycles. The van der Waals surface area contributed by atoms with Gasteiger partial charge in [-0.25, -0.2) is 0 Å². The second kappa shape index (κ2) is 4.09. The first-order valence-electron chi connectivity index (χ1n) is 2.81. The van der Waals surface area contributed by atoms with Gasteiger partial charge in [-0.05, 0) is 6.20 Å². The van der Waals surface area contributed by atoms with E-state index in [1.165, 1.54) is 0 Å². The summed E-state index contributed by atoms with van der Waals surface area (Å²) < 4.78 is 28.4. The highest BCUT2D eigenvalue weighted by Crippen LogP contribution is 1.87. The van der Waals surface area contributed by atoms with Gasteiger partial charge in [-0.3, -0.25) is 9.35 Å².